The van der Waals surface area contributed by atoms with Gasteiger partial charge in [-0.1, -0.05) is 80.1 Å². The van der Waals surface area contributed by atoms with Gasteiger partial charge in [-0.2, -0.15) is 0 Å². The average molecular weight is 465 g/mol. The predicted molar refractivity (Wildman–Crippen MR) is 118 cm³/mol. The zero-order valence-electron chi connectivity index (χ0n) is 18.3. The van der Waals surface area contributed by atoms with Crippen LogP contribution in [0.2, 0.25) is 0 Å². The van der Waals surface area contributed by atoms with Crippen LogP contribution in [0.15, 0.2) is 101 Å². The van der Waals surface area contributed by atoms with Gasteiger partial charge in [-0.3, -0.25) is 0 Å². The van der Waals surface area contributed by atoms with Gasteiger partial charge in [-0.25, -0.2) is 23.1 Å². The summed E-state index contributed by atoms with van der Waals surface area (Å²) >= 11 is 0. The Hall–Kier alpha value is -3.06. The summed E-state index contributed by atoms with van der Waals surface area (Å²) in [7, 11) is -4.94. The highest BCUT2D eigenvalue weighted by Gasteiger charge is 2.26. The van der Waals surface area contributed by atoms with Gasteiger partial charge in [0.2, 0.25) is 0 Å². The second-order valence-electron chi connectivity index (χ2n) is 7.41. The van der Waals surface area contributed by atoms with E-state index in [2.05, 4.69) is 91.9 Å². The molecular weight excluding hydrogens is 440 g/mol. The van der Waals surface area contributed by atoms with Crippen LogP contribution in [-0.2, 0) is 6.42 Å². The van der Waals surface area contributed by atoms with E-state index in [1.807, 2.05) is 12.1 Å². The number of benzene rings is 3. The Morgan fingerprint density at radius 3 is 1.61 bits per heavy atom. The fraction of sp³-hybridized carbons (Fsp3) is 0.148. The van der Waals surface area contributed by atoms with Crippen molar-refractivity contribution < 1.29 is 33.3 Å². The molecule has 0 aliphatic carbocycles. The van der Waals surface area contributed by atoms with Crippen molar-refractivity contribution >= 4 is 0 Å². The summed E-state index contributed by atoms with van der Waals surface area (Å²) in [5.41, 5.74) is 6.01. The van der Waals surface area contributed by atoms with Crippen molar-refractivity contribution in [3.8, 4) is 33.8 Å². The summed E-state index contributed by atoms with van der Waals surface area (Å²) in [6, 6.07) is 33.7. The Bertz CT molecular complexity index is 1060. The molecular formula is C27H25ClO5. The van der Waals surface area contributed by atoms with Crippen molar-refractivity contribution in [2.75, 3.05) is 0 Å². The molecule has 0 N–H and O–H groups in total. The van der Waals surface area contributed by atoms with Gasteiger partial charge in [0, 0.05) is 5.56 Å². The lowest BCUT2D eigenvalue weighted by atomic mass is 9.92. The predicted octanol–water partition coefficient (Wildman–Crippen LogP) is 3.15. The van der Waals surface area contributed by atoms with Gasteiger partial charge >= 0.3 is 11.5 Å². The first-order valence-corrected chi connectivity index (χ1v) is 11.9. The van der Waals surface area contributed by atoms with Crippen LogP contribution in [0.1, 0.15) is 25.3 Å². The molecule has 1 heterocycles. The van der Waals surface area contributed by atoms with Gasteiger partial charge in [-0.05, 0) is 42.7 Å². The molecule has 4 aromatic rings. The molecule has 0 amide bonds. The molecule has 3 aromatic carbocycles. The molecule has 0 aliphatic rings. The van der Waals surface area contributed by atoms with Crippen LogP contribution in [-0.4, -0.2) is 0 Å². The highest BCUT2D eigenvalue weighted by Crippen LogP contribution is 2.38. The third kappa shape index (κ3) is 7.49. The minimum absolute atomic E-state index is 0.901. The van der Waals surface area contributed by atoms with Gasteiger partial charge in [0.25, 0.3) is 0 Å². The molecule has 0 unspecified atom stereocenters. The van der Waals surface area contributed by atoms with E-state index in [4.69, 9.17) is 23.1 Å². The topological polar surface area (TPSA) is 104 Å². The molecule has 0 spiro atoms. The molecule has 0 aliphatic heterocycles. The maximum Gasteiger partial charge on any atom is 0.364 e. The number of rotatable bonds is 6. The average Bonchev–Trinajstić information content (AvgIpc) is 2.83. The third-order valence-electron chi connectivity index (χ3n) is 5.05. The molecule has 33 heavy (non-hydrogen) atoms. The minimum Gasteiger partial charge on any atom is -0.222 e. The van der Waals surface area contributed by atoms with Crippen LogP contribution >= 0.6 is 0 Å². The summed E-state index contributed by atoms with van der Waals surface area (Å²) in [6.45, 7) is 2.24. The van der Waals surface area contributed by atoms with Gasteiger partial charge in [0.05, 0.1) is 22.8 Å². The van der Waals surface area contributed by atoms with E-state index in [0.717, 1.165) is 41.9 Å². The summed E-state index contributed by atoms with van der Waals surface area (Å²) < 4.78 is 40.5. The van der Waals surface area contributed by atoms with E-state index in [1.165, 1.54) is 16.7 Å². The zero-order chi connectivity index (χ0) is 23.7. The van der Waals surface area contributed by atoms with Gasteiger partial charge in [0.15, 0.2) is 0 Å². The Labute approximate surface area is 196 Å². The van der Waals surface area contributed by atoms with Crippen LogP contribution in [0.4, 0.5) is 0 Å². The van der Waals surface area contributed by atoms with Crippen molar-refractivity contribution in [1.29, 1.82) is 0 Å². The molecule has 0 saturated heterocycles. The quantitative estimate of drug-likeness (QED) is 0.408. The molecule has 0 bridgehead atoms. The lowest BCUT2D eigenvalue weighted by Crippen LogP contribution is -2.68. The first kappa shape index (κ1) is 24.6. The fourth-order valence-electron chi connectivity index (χ4n) is 3.59. The maximum atomic E-state index is 8.49. The van der Waals surface area contributed by atoms with Crippen LogP contribution in [0.5, 0.6) is 0 Å². The van der Waals surface area contributed by atoms with Crippen LogP contribution in [0, 0.1) is 10.2 Å². The molecule has 6 heteroatoms. The maximum absolute atomic E-state index is 8.49. The molecule has 0 atom stereocenters. The van der Waals surface area contributed by atoms with Crippen molar-refractivity contribution in [1.82, 2.24) is 0 Å². The van der Waals surface area contributed by atoms with Crippen molar-refractivity contribution in [3.05, 3.63) is 103 Å². The monoisotopic (exact) mass is 464 g/mol. The lowest BCUT2D eigenvalue weighted by Gasteiger charge is -2.17. The van der Waals surface area contributed by atoms with Gasteiger partial charge < -0.3 is 0 Å². The Kier molecular flexibility index (Phi) is 8.72. The van der Waals surface area contributed by atoms with Crippen LogP contribution < -0.4 is 18.6 Å². The highest BCUT2D eigenvalue weighted by molar-refractivity contribution is 5.79. The molecule has 0 radical (unpaired) electrons. The number of hydrogen-bond acceptors (Lipinski definition) is 4. The lowest BCUT2D eigenvalue weighted by molar-refractivity contribution is -2.00. The van der Waals surface area contributed by atoms with E-state index < -0.39 is 10.2 Å². The summed E-state index contributed by atoms with van der Waals surface area (Å²) in [5, 5.41) is 0. The smallest absolute Gasteiger partial charge is 0.222 e. The first-order valence-electron chi connectivity index (χ1n) is 10.6. The van der Waals surface area contributed by atoms with Crippen molar-refractivity contribution in [2.45, 2.75) is 26.2 Å². The Morgan fingerprint density at radius 2 is 1.12 bits per heavy atom. The van der Waals surface area contributed by atoms with Crippen molar-refractivity contribution in [3.63, 3.8) is 0 Å². The molecule has 0 fully saturated rings. The SMILES string of the molecule is CCCCc1c(-c2ccccc2)cc(-c2ccccc2)[o+]c1-c1ccccc1.[O-][Cl+3]([O-])([O-])[O-]. The molecule has 0 saturated carbocycles. The Balaban J connectivity index is 0.000000555. The van der Waals surface area contributed by atoms with Crippen LogP contribution in [0.3, 0.4) is 0 Å². The standard InChI is InChI=1S/C27H25O.ClHO4/c1-2-3-19-24-25(21-13-7-4-8-14-21)20-26(22-15-9-5-10-16-22)28-27(24)23-17-11-6-12-18-23;2-1(3,4)5/h4-18,20H,2-3,19H2,1H3;(H,2,3,4,5)/q+1;/p-1. The summed E-state index contributed by atoms with van der Waals surface area (Å²) in [6.07, 6.45) is 3.30. The molecule has 4 rings (SSSR count). The van der Waals surface area contributed by atoms with Gasteiger partial charge in [-0.15, -0.1) is 10.2 Å². The molecule has 170 valence electrons. The largest absolute Gasteiger partial charge is 0.364 e. The zero-order valence-corrected chi connectivity index (χ0v) is 19.0. The first-order chi connectivity index (χ1) is 15.9. The molecule has 5 nitrogen and oxygen atoms in total. The second-order valence-corrected chi connectivity index (χ2v) is 8.17. The third-order valence-corrected chi connectivity index (χ3v) is 5.05. The number of halogens is 1. The fourth-order valence-corrected chi connectivity index (χ4v) is 3.59. The van der Waals surface area contributed by atoms with E-state index in [-0.39, 0.29) is 0 Å². The summed E-state index contributed by atoms with van der Waals surface area (Å²) in [4.78, 5) is 0. The van der Waals surface area contributed by atoms with Gasteiger partial charge in [0.1, 0.15) is 0 Å². The van der Waals surface area contributed by atoms with Crippen LogP contribution in [0.25, 0.3) is 33.8 Å². The molecule has 1 aromatic heterocycles. The normalized spacial score (nSPS) is 10.9. The van der Waals surface area contributed by atoms with Crippen molar-refractivity contribution in [2.24, 2.45) is 0 Å². The Morgan fingerprint density at radius 1 is 0.667 bits per heavy atom. The highest BCUT2D eigenvalue weighted by atomic mass is 35.7. The van der Waals surface area contributed by atoms with E-state index in [0.29, 0.717) is 0 Å². The van der Waals surface area contributed by atoms with E-state index in [9.17, 15) is 0 Å². The number of hydrogen-bond donors (Lipinski definition) is 0. The number of unbranched alkanes of at least 4 members (excludes halogenated alkanes) is 1. The second kappa shape index (κ2) is 11.7. The minimum atomic E-state index is -4.94. The van der Waals surface area contributed by atoms with E-state index in [1.54, 1.807) is 0 Å². The summed E-state index contributed by atoms with van der Waals surface area (Å²) in [5.74, 6) is 1.88. The van der Waals surface area contributed by atoms with E-state index >= 15 is 0 Å².